The molecule has 0 aliphatic carbocycles. The van der Waals surface area contributed by atoms with Gasteiger partial charge in [-0.25, -0.2) is 0 Å². The first-order valence-corrected chi connectivity index (χ1v) is 6.97. The summed E-state index contributed by atoms with van der Waals surface area (Å²) in [6, 6.07) is 8.51. The number of hydrogen-bond acceptors (Lipinski definition) is 4. The van der Waals surface area contributed by atoms with Crippen LogP contribution < -0.4 is 10.1 Å². The molecule has 2 fully saturated rings. The van der Waals surface area contributed by atoms with Gasteiger partial charge in [0.15, 0.2) is 5.79 Å². The molecule has 3 rings (SSSR count). The van der Waals surface area contributed by atoms with Crippen LogP contribution in [0.3, 0.4) is 0 Å². The largest absolute Gasteiger partial charge is 0.497 e. The van der Waals surface area contributed by atoms with Crippen LogP contribution in [0.4, 0.5) is 0 Å². The van der Waals surface area contributed by atoms with Crippen LogP contribution in [0, 0.1) is 0 Å². The third-order valence-corrected chi connectivity index (χ3v) is 3.95. The Hall–Kier alpha value is -1.10. The lowest BCUT2D eigenvalue weighted by molar-refractivity contribution is -0.281. The summed E-state index contributed by atoms with van der Waals surface area (Å²) < 4.78 is 17.0. The fraction of sp³-hybridized carbons (Fsp3) is 0.600. The van der Waals surface area contributed by atoms with Gasteiger partial charge in [-0.15, -0.1) is 0 Å². The normalized spacial score (nSPS) is 26.3. The Morgan fingerprint density at radius 2 is 1.95 bits per heavy atom. The van der Waals surface area contributed by atoms with Gasteiger partial charge in [-0.05, 0) is 24.1 Å². The zero-order chi connectivity index (χ0) is 13.1. The maximum Gasteiger partial charge on any atom is 0.171 e. The molecule has 1 atom stereocenters. The van der Waals surface area contributed by atoms with Crippen molar-refractivity contribution >= 4 is 0 Å². The molecule has 0 amide bonds. The first kappa shape index (κ1) is 12.9. The van der Waals surface area contributed by atoms with Gasteiger partial charge in [-0.1, -0.05) is 12.1 Å². The molecule has 1 aromatic carbocycles. The molecular weight excluding hydrogens is 242 g/mol. The second kappa shape index (κ2) is 5.49. The molecule has 4 heteroatoms. The van der Waals surface area contributed by atoms with Gasteiger partial charge >= 0.3 is 0 Å². The lowest BCUT2D eigenvalue weighted by atomic mass is 9.92. The molecule has 2 saturated heterocycles. The van der Waals surface area contributed by atoms with Crippen LogP contribution >= 0.6 is 0 Å². The second-order valence-electron chi connectivity index (χ2n) is 5.20. The smallest absolute Gasteiger partial charge is 0.171 e. The number of rotatable bonds is 2. The summed E-state index contributed by atoms with van der Waals surface area (Å²) in [5.74, 6) is 0.521. The summed E-state index contributed by atoms with van der Waals surface area (Å²) in [7, 11) is 1.69. The maximum atomic E-state index is 5.92. The zero-order valence-corrected chi connectivity index (χ0v) is 11.4. The van der Waals surface area contributed by atoms with E-state index in [9.17, 15) is 0 Å². The highest BCUT2D eigenvalue weighted by Gasteiger charge is 2.40. The van der Waals surface area contributed by atoms with Crippen molar-refractivity contribution in [3.05, 3.63) is 29.8 Å². The first-order valence-electron chi connectivity index (χ1n) is 6.97. The number of hydrogen-bond donors (Lipinski definition) is 1. The first-order chi connectivity index (χ1) is 9.31. The van der Waals surface area contributed by atoms with Crippen molar-refractivity contribution in [3.63, 3.8) is 0 Å². The molecule has 19 heavy (non-hydrogen) atoms. The van der Waals surface area contributed by atoms with E-state index in [0.29, 0.717) is 0 Å². The number of piperidine rings is 1. The second-order valence-corrected chi connectivity index (χ2v) is 5.20. The van der Waals surface area contributed by atoms with E-state index in [1.165, 1.54) is 5.56 Å². The van der Waals surface area contributed by atoms with Crippen LogP contribution in [-0.4, -0.2) is 32.7 Å². The Labute approximate surface area is 114 Å². The summed E-state index contributed by atoms with van der Waals surface area (Å²) in [5.41, 5.74) is 1.26. The Balaban J connectivity index is 1.73. The average molecular weight is 263 g/mol. The Bertz CT molecular complexity index is 406. The van der Waals surface area contributed by atoms with Crippen molar-refractivity contribution in [2.45, 2.75) is 31.1 Å². The molecule has 0 saturated carbocycles. The SMILES string of the molecule is COc1ccc(C2CC3(CCN2)OCCCO3)cc1. The molecule has 1 N–H and O–H groups in total. The fourth-order valence-electron chi connectivity index (χ4n) is 2.87. The van der Waals surface area contributed by atoms with Gasteiger partial charge in [-0.3, -0.25) is 0 Å². The van der Waals surface area contributed by atoms with E-state index in [-0.39, 0.29) is 11.8 Å². The van der Waals surface area contributed by atoms with Gasteiger partial charge in [0.25, 0.3) is 0 Å². The maximum absolute atomic E-state index is 5.92. The van der Waals surface area contributed by atoms with Gasteiger partial charge < -0.3 is 19.5 Å². The van der Waals surface area contributed by atoms with Crippen molar-refractivity contribution in [1.82, 2.24) is 5.32 Å². The minimum atomic E-state index is -0.367. The van der Waals surface area contributed by atoms with Gasteiger partial charge in [0, 0.05) is 25.4 Å². The number of ether oxygens (including phenoxy) is 3. The van der Waals surface area contributed by atoms with Gasteiger partial charge in [0.1, 0.15) is 5.75 Å². The highest BCUT2D eigenvalue weighted by Crippen LogP contribution is 2.36. The molecule has 1 unspecified atom stereocenters. The van der Waals surface area contributed by atoms with E-state index in [4.69, 9.17) is 14.2 Å². The van der Waals surface area contributed by atoms with Crippen LogP contribution in [-0.2, 0) is 9.47 Å². The molecule has 2 aliphatic rings. The number of benzene rings is 1. The molecular formula is C15H21NO3. The molecule has 104 valence electrons. The minimum Gasteiger partial charge on any atom is -0.497 e. The molecule has 2 heterocycles. The highest BCUT2D eigenvalue weighted by atomic mass is 16.7. The van der Waals surface area contributed by atoms with Crippen molar-refractivity contribution < 1.29 is 14.2 Å². The van der Waals surface area contributed by atoms with E-state index in [2.05, 4.69) is 17.4 Å². The van der Waals surface area contributed by atoms with Gasteiger partial charge in [0.05, 0.1) is 20.3 Å². The molecule has 0 radical (unpaired) electrons. The molecule has 1 spiro atoms. The van der Waals surface area contributed by atoms with Crippen molar-refractivity contribution in [1.29, 1.82) is 0 Å². The summed E-state index contributed by atoms with van der Waals surface area (Å²) >= 11 is 0. The van der Waals surface area contributed by atoms with Crippen LogP contribution in [0.15, 0.2) is 24.3 Å². The predicted octanol–water partition coefficient (Wildman–Crippen LogP) is 2.25. The van der Waals surface area contributed by atoms with Crippen LogP contribution in [0.1, 0.15) is 30.9 Å². The van der Waals surface area contributed by atoms with E-state index in [0.717, 1.165) is 44.8 Å². The number of methoxy groups -OCH3 is 1. The summed E-state index contributed by atoms with van der Waals surface area (Å²) in [5, 5.41) is 3.54. The molecule has 1 aromatic rings. The lowest BCUT2D eigenvalue weighted by Gasteiger charge is -2.43. The van der Waals surface area contributed by atoms with E-state index in [1.807, 2.05) is 12.1 Å². The average Bonchev–Trinajstić information content (AvgIpc) is 2.48. The summed E-state index contributed by atoms with van der Waals surface area (Å²) in [6.45, 7) is 2.56. The molecule has 0 aromatic heterocycles. The quantitative estimate of drug-likeness (QED) is 0.888. The van der Waals surface area contributed by atoms with Gasteiger partial charge in [-0.2, -0.15) is 0 Å². The molecule has 2 aliphatic heterocycles. The van der Waals surface area contributed by atoms with E-state index < -0.39 is 0 Å². The predicted molar refractivity (Wildman–Crippen MR) is 72.2 cm³/mol. The van der Waals surface area contributed by atoms with Crippen LogP contribution in [0.5, 0.6) is 5.75 Å². The van der Waals surface area contributed by atoms with Gasteiger partial charge in [0.2, 0.25) is 0 Å². The topological polar surface area (TPSA) is 39.7 Å². The van der Waals surface area contributed by atoms with Crippen molar-refractivity contribution in [3.8, 4) is 5.75 Å². The van der Waals surface area contributed by atoms with Crippen molar-refractivity contribution in [2.24, 2.45) is 0 Å². The summed E-state index contributed by atoms with van der Waals surface area (Å²) in [4.78, 5) is 0. The number of nitrogens with one attached hydrogen (secondary N) is 1. The molecule has 4 nitrogen and oxygen atoms in total. The third-order valence-electron chi connectivity index (χ3n) is 3.95. The molecule has 0 bridgehead atoms. The standard InChI is InChI=1S/C15H21NO3/c1-17-13-5-3-12(4-6-13)14-11-15(7-8-16-14)18-9-2-10-19-15/h3-6,14,16H,2,7-11H2,1H3. The highest BCUT2D eigenvalue weighted by molar-refractivity contribution is 5.29. The van der Waals surface area contributed by atoms with Crippen LogP contribution in [0.25, 0.3) is 0 Å². The zero-order valence-electron chi connectivity index (χ0n) is 11.4. The van der Waals surface area contributed by atoms with Crippen LogP contribution in [0.2, 0.25) is 0 Å². The summed E-state index contributed by atoms with van der Waals surface area (Å²) in [6.07, 6.45) is 2.81. The third kappa shape index (κ3) is 2.76. The Morgan fingerprint density at radius 1 is 1.21 bits per heavy atom. The fourth-order valence-corrected chi connectivity index (χ4v) is 2.87. The Morgan fingerprint density at radius 3 is 2.63 bits per heavy atom. The van der Waals surface area contributed by atoms with Crippen molar-refractivity contribution in [2.75, 3.05) is 26.9 Å². The lowest BCUT2D eigenvalue weighted by Crippen LogP contribution is -2.49. The minimum absolute atomic E-state index is 0.290. The Kier molecular flexibility index (Phi) is 3.73. The monoisotopic (exact) mass is 263 g/mol. The van der Waals surface area contributed by atoms with E-state index >= 15 is 0 Å². The van der Waals surface area contributed by atoms with E-state index in [1.54, 1.807) is 7.11 Å².